The van der Waals surface area contributed by atoms with E-state index in [0.717, 1.165) is 18.4 Å². The topological polar surface area (TPSA) is 103 Å². The van der Waals surface area contributed by atoms with Crippen molar-refractivity contribution in [2.75, 3.05) is 23.8 Å². The van der Waals surface area contributed by atoms with Gasteiger partial charge in [0.2, 0.25) is 5.95 Å². The van der Waals surface area contributed by atoms with Gasteiger partial charge in [0.1, 0.15) is 29.8 Å². The first-order valence-electron chi connectivity index (χ1n) is 10.7. The van der Waals surface area contributed by atoms with E-state index in [9.17, 15) is 19.1 Å². The van der Waals surface area contributed by atoms with Crippen LogP contribution in [0.15, 0.2) is 30.5 Å². The highest BCUT2D eigenvalue weighted by atomic mass is 19.3. The molecule has 2 atom stereocenters. The zero-order chi connectivity index (χ0) is 23.1. The van der Waals surface area contributed by atoms with Crippen LogP contribution in [0.25, 0.3) is 0 Å². The molecule has 7 nitrogen and oxygen atoms in total. The van der Waals surface area contributed by atoms with E-state index < -0.39 is 13.0 Å². The van der Waals surface area contributed by atoms with Crippen molar-refractivity contribution in [3.05, 3.63) is 41.6 Å². The Kier molecular flexibility index (Phi) is 7.80. The molecular formula is C23H29F2N5O2. The number of ether oxygens (including phenoxy) is 1. The molecule has 0 radical (unpaired) electrons. The number of hydrogen-bond acceptors (Lipinski definition) is 7. The Morgan fingerprint density at radius 3 is 2.88 bits per heavy atom. The van der Waals surface area contributed by atoms with Gasteiger partial charge < -0.3 is 20.5 Å². The zero-order valence-electron chi connectivity index (χ0n) is 18.3. The molecule has 2 aromatic rings. The van der Waals surface area contributed by atoms with Crippen LogP contribution in [0.1, 0.15) is 44.2 Å². The van der Waals surface area contributed by atoms with Gasteiger partial charge in [-0.2, -0.15) is 10.2 Å². The lowest BCUT2D eigenvalue weighted by Gasteiger charge is -2.40. The van der Waals surface area contributed by atoms with Gasteiger partial charge in [0.25, 0.3) is 6.43 Å². The fraction of sp³-hybridized carbons (Fsp3) is 0.522. The highest BCUT2D eigenvalue weighted by molar-refractivity contribution is 5.54. The van der Waals surface area contributed by atoms with Crippen molar-refractivity contribution in [2.45, 2.75) is 58.1 Å². The molecule has 0 unspecified atom stereocenters. The van der Waals surface area contributed by atoms with E-state index in [1.54, 1.807) is 18.2 Å². The summed E-state index contributed by atoms with van der Waals surface area (Å²) in [7, 11) is 0. The molecule has 1 aliphatic carbocycles. The van der Waals surface area contributed by atoms with Crippen LogP contribution in [-0.2, 0) is 6.42 Å². The smallest absolute Gasteiger partial charge is 0.272 e. The number of nitrogens with zero attached hydrogens (tertiary/aromatic N) is 3. The number of halogens is 2. The van der Waals surface area contributed by atoms with E-state index >= 15 is 0 Å². The Morgan fingerprint density at radius 1 is 1.34 bits per heavy atom. The molecule has 0 bridgehead atoms. The predicted molar refractivity (Wildman–Crippen MR) is 118 cm³/mol. The summed E-state index contributed by atoms with van der Waals surface area (Å²) in [4.78, 5) is 8.68. The fourth-order valence-electron chi connectivity index (χ4n) is 3.87. The van der Waals surface area contributed by atoms with Crippen LogP contribution in [0.2, 0.25) is 0 Å². The number of aliphatic hydroxyl groups is 1. The summed E-state index contributed by atoms with van der Waals surface area (Å²) in [5, 5.41) is 26.1. The van der Waals surface area contributed by atoms with Gasteiger partial charge in [-0.1, -0.05) is 26.0 Å². The van der Waals surface area contributed by atoms with Gasteiger partial charge in [0.05, 0.1) is 12.3 Å². The first-order valence-corrected chi connectivity index (χ1v) is 10.7. The molecule has 3 rings (SSSR count). The Bertz CT molecular complexity index is 948. The molecule has 32 heavy (non-hydrogen) atoms. The van der Waals surface area contributed by atoms with Crippen molar-refractivity contribution < 1.29 is 18.6 Å². The van der Waals surface area contributed by atoms with Gasteiger partial charge in [0, 0.05) is 12.6 Å². The molecule has 1 heterocycles. The number of anilines is 2. The number of aliphatic hydroxyl groups excluding tert-OH is 1. The van der Waals surface area contributed by atoms with Crippen molar-refractivity contribution >= 4 is 11.8 Å². The molecule has 0 amide bonds. The maximum atomic E-state index is 12.3. The average molecular weight is 446 g/mol. The lowest BCUT2D eigenvalue weighted by molar-refractivity contribution is 0.00926. The van der Waals surface area contributed by atoms with Crippen molar-refractivity contribution in [3.63, 3.8) is 0 Å². The first kappa shape index (κ1) is 23.7. The van der Waals surface area contributed by atoms with Crippen LogP contribution in [-0.4, -0.2) is 46.8 Å². The van der Waals surface area contributed by atoms with Crippen LogP contribution in [0.3, 0.4) is 0 Å². The Labute approximate surface area is 186 Å². The summed E-state index contributed by atoms with van der Waals surface area (Å²) < 4.78 is 29.7. The number of rotatable bonds is 9. The van der Waals surface area contributed by atoms with E-state index in [1.807, 2.05) is 19.9 Å². The van der Waals surface area contributed by atoms with Crippen LogP contribution in [0.4, 0.5) is 20.5 Å². The van der Waals surface area contributed by atoms with Crippen LogP contribution < -0.4 is 15.4 Å². The third kappa shape index (κ3) is 6.50. The Hall–Kier alpha value is -2.99. The second-order valence-electron chi connectivity index (χ2n) is 8.72. The maximum absolute atomic E-state index is 12.3. The van der Waals surface area contributed by atoms with Gasteiger partial charge in [-0.05, 0) is 48.8 Å². The molecule has 1 aromatic heterocycles. The number of hydrogen-bond donors (Lipinski definition) is 3. The lowest BCUT2D eigenvalue weighted by atomic mass is 9.73. The third-order valence-electron chi connectivity index (χ3n) is 5.68. The number of nitriles is 1. The lowest BCUT2D eigenvalue weighted by Crippen LogP contribution is -2.41. The molecule has 172 valence electrons. The van der Waals surface area contributed by atoms with Gasteiger partial charge in [0.15, 0.2) is 0 Å². The van der Waals surface area contributed by atoms with E-state index in [1.165, 1.54) is 6.20 Å². The van der Waals surface area contributed by atoms with Gasteiger partial charge in [-0.15, -0.1) is 0 Å². The molecule has 1 fully saturated rings. The quantitative estimate of drug-likeness (QED) is 0.536. The summed E-state index contributed by atoms with van der Waals surface area (Å²) in [5.74, 6) is 1.28. The standard InChI is InChI=1S/C23H29F2N5O2/c1-23(2)11-17(6-7-19(23)31)29-21-16(12-26)13-28-22(30-21)27-9-8-15-4-3-5-18(10-15)32-14-20(24)25/h3-5,10,13,17,19-20,31H,6-9,11,14H2,1-2H3,(H2,27,28,29,30)/t17-,19+/m1/s1. The first-order chi connectivity index (χ1) is 15.3. The maximum Gasteiger partial charge on any atom is 0.272 e. The molecule has 1 saturated carbocycles. The van der Waals surface area contributed by atoms with Gasteiger partial charge >= 0.3 is 0 Å². The van der Waals surface area contributed by atoms with Crippen LogP contribution in [0.5, 0.6) is 5.75 Å². The van der Waals surface area contributed by atoms with E-state index in [4.69, 9.17) is 4.74 Å². The van der Waals surface area contributed by atoms with E-state index in [-0.39, 0.29) is 17.6 Å². The molecule has 3 N–H and O–H groups in total. The van der Waals surface area contributed by atoms with Gasteiger partial charge in [-0.3, -0.25) is 0 Å². The highest BCUT2D eigenvalue weighted by Crippen LogP contribution is 2.37. The van der Waals surface area contributed by atoms with E-state index in [0.29, 0.717) is 42.5 Å². The summed E-state index contributed by atoms with van der Waals surface area (Å²) in [6, 6.07) is 9.26. The number of nitrogens with one attached hydrogen (secondary N) is 2. The molecule has 0 spiro atoms. The summed E-state index contributed by atoms with van der Waals surface area (Å²) in [6.07, 6.45) is 1.52. The van der Waals surface area contributed by atoms with Gasteiger partial charge in [-0.25, -0.2) is 13.8 Å². The fourth-order valence-corrected chi connectivity index (χ4v) is 3.87. The number of alkyl halides is 2. The minimum atomic E-state index is -2.51. The number of aromatic nitrogens is 2. The van der Waals surface area contributed by atoms with Crippen LogP contribution >= 0.6 is 0 Å². The van der Waals surface area contributed by atoms with Crippen molar-refractivity contribution in [2.24, 2.45) is 5.41 Å². The summed E-state index contributed by atoms with van der Waals surface area (Å²) in [6.45, 7) is 3.97. The molecule has 0 saturated heterocycles. The minimum absolute atomic E-state index is 0.110. The SMILES string of the molecule is CC1(C)C[C@H](Nc2nc(NCCc3cccc(OCC(F)F)c3)ncc2C#N)CC[C@@H]1O. The van der Waals surface area contributed by atoms with Crippen molar-refractivity contribution in [1.29, 1.82) is 5.26 Å². The average Bonchev–Trinajstić information content (AvgIpc) is 2.75. The molecule has 1 aliphatic rings. The second-order valence-corrected chi connectivity index (χ2v) is 8.72. The van der Waals surface area contributed by atoms with Crippen LogP contribution in [0, 0.1) is 16.7 Å². The largest absolute Gasteiger partial charge is 0.488 e. The summed E-state index contributed by atoms with van der Waals surface area (Å²) in [5.41, 5.74) is 1.09. The Balaban J connectivity index is 1.59. The second kappa shape index (κ2) is 10.6. The van der Waals surface area contributed by atoms with E-state index in [2.05, 4.69) is 26.7 Å². The summed E-state index contributed by atoms with van der Waals surface area (Å²) >= 11 is 0. The molecule has 1 aromatic carbocycles. The molecular weight excluding hydrogens is 416 g/mol. The molecule has 9 heteroatoms. The normalized spacial score (nSPS) is 19.9. The number of benzene rings is 1. The van der Waals surface area contributed by atoms with Crippen molar-refractivity contribution in [1.82, 2.24) is 9.97 Å². The third-order valence-corrected chi connectivity index (χ3v) is 5.68. The minimum Gasteiger partial charge on any atom is -0.488 e. The molecule has 0 aliphatic heterocycles. The predicted octanol–water partition coefficient (Wildman–Crippen LogP) is 4.00. The van der Waals surface area contributed by atoms with Crippen molar-refractivity contribution in [3.8, 4) is 11.8 Å². The monoisotopic (exact) mass is 445 g/mol. The highest BCUT2D eigenvalue weighted by Gasteiger charge is 2.35. The Morgan fingerprint density at radius 2 is 2.16 bits per heavy atom. The zero-order valence-corrected chi connectivity index (χ0v) is 18.3.